The standard InChI is InChI=1S/C22H29N3O2S/c1-2-26-20-9-3-6-16(14-20)23-22(28)24-17-12-18-7-4-8-19(13-17)25(18)15-21-10-5-11-27-21/h3,5-6,9-11,14,17-19H,2,4,7-8,12-13,15H2,1H3,(H2,23,24,28). The minimum absolute atomic E-state index is 0.415. The Bertz CT molecular complexity index is 766. The first kappa shape index (κ1) is 19.3. The SMILES string of the molecule is CCOc1cccc(NC(=S)NC2CC3CCCC(C2)N3Cc2ccco2)c1. The van der Waals surface area contributed by atoms with Crippen molar-refractivity contribution in [1.82, 2.24) is 10.2 Å². The van der Waals surface area contributed by atoms with Crippen molar-refractivity contribution >= 4 is 23.0 Å². The molecule has 2 unspecified atom stereocenters. The third-order valence-electron chi connectivity index (χ3n) is 5.78. The van der Waals surface area contributed by atoms with Gasteiger partial charge < -0.3 is 19.8 Å². The Kier molecular flexibility index (Phi) is 6.17. The average molecular weight is 400 g/mol. The molecule has 28 heavy (non-hydrogen) atoms. The van der Waals surface area contributed by atoms with Gasteiger partial charge in [-0.05, 0) is 69.1 Å². The topological polar surface area (TPSA) is 49.7 Å². The van der Waals surface area contributed by atoms with Crippen LogP contribution in [-0.2, 0) is 6.54 Å². The van der Waals surface area contributed by atoms with Gasteiger partial charge in [-0.15, -0.1) is 0 Å². The normalized spacial score (nSPS) is 24.5. The van der Waals surface area contributed by atoms with Gasteiger partial charge in [-0.2, -0.15) is 0 Å². The van der Waals surface area contributed by atoms with Crippen LogP contribution in [0.2, 0.25) is 0 Å². The maximum absolute atomic E-state index is 5.59. The van der Waals surface area contributed by atoms with Crippen LogP contribution in [0.15, 0.2) is 47.1 Å². The highest BCUT2D eigenvalue weighted by Crippen LogP contribution is 2.35. The minimum Gasteiger partial charge on any atom is -0.494 e. The smallest absolute Gasteiger partial charge is 0.170 e. The number of piperidine rings is 2. The van der Waals surface area contributed by atoms with Crippen LogP contribution >= 0.6 is 12.2 Å². The van der Waals surface area contributed by atoms with E-state index >= 15 is 0 Å². The molecule has 2 aromatic rings. The predicted molar refractivity (Wildman–Crippen MR) is 116 cm³/mol. The third-order valence-corrected chi connectivity index (χ3v) is 6.00. The number of hydrogen-bond acceptors (Lipinski definition) is 4. The van der Waals surface area contributed by atoms with E-state index in [2.05, 4.69) is 21.6 Å². The molecule has 3 heterocycles. The van der Waals surface area contributed by atoms with Gasteiger partial charge in [-0.3, -0.25) is 4.90 Å². The van der Waals surface area contributed by atoms with Crippen LogP contribution in [0.4, 0.5) is 5.69 Å². The van der Waals surface area contributed by atoms with Crippen molar-refractivity contribution in [3.05, 3.63) is 48.4 Å². The van der Waals surface area contributed by atoms with Gasteiger partial charge >= 0.3 is 0 Å². The van der Waals surface area contributed by atoms with E-state index < -0.39 is 0 Å². The van der Waals surface area contributed by atoms with E-state index in [0.717, 1.165) is 36.6 Å². The zero-order valence-electron chi connectivity index (χ0n) is 16.4. The van der Waals surface area contributed by atoms with Crippen LogP contribution in [0.1, 0.15) is 44.8 Å². The highest BCUT2D eigenvalue weighted by Gasteiger charge is 2.38. The molecule has 0 spiro atoms. The van der Waals surface area contributed by atoms with Crippen molar-refractivity contribution in [1.29, 1.82) is 0 Å². The molecule has 2 aliphatic heterocycles. The van der Waals surface area contributed by atoms with Gasteiger partial charge in [-0.1, -0.05) is 12.5 Å². The molecule has 6 heteroatoms. The number of hydrogen-bond donors (Lipinski definition) is 2. The first-order chi connectivity index (χ1) is 13.7. The highest BCUT2D eigenvalue weighted by atomic mass is 32.1. The van der Waals surface area contributed by atoms with Crippen LogP contribution in [0.5, 0.6) is 5.75 Å². The maximum atomic E-state index is 5.59. The van der Waals surface area contributed by atoms with E-state index in [4.69, 9.17) is 21.4 Å². The number of benzene rings is 1. The van der Waals surface area contributed by atoms with Gasteiger partial charge in [-0.25, -0.2) is 0 Å². The zero-order valence-corrected chi connectivity index (χ0v) is 17.2. The number of furan rings is 1. The fraction of sp³-hybridized carbons (Fsp3) is 0.500. The number of anilines is 1. The lowest BCUT2D eigenvalue weighted by molar-refractivity contribution is 0.0161. The van der Waals surface area contributed by atoms with Crippen LogP contribution < -0.4 is 15.4 Å². The molecule has 5 nitrogen and oxygen atoms in total. The van der Waals surface area contributed by atoms with E-state index in [1.807, 2.05) is 37.3 Å². The van der Waals surface area contributed by atoms with Crippen LogP contribution in [-0.4, -0.2) is 34.7 Å². The molecule has 2 aliphatic rings. The molecular formula is C22H29N3O2S. The summed E-state index contributed by atoms with van der Waals surface area (Å²) < 4.78 is 11.2. The Labute approximate surface area is 172 Å². The average Bonchev–Trinajstić information content (AvgIpc) is 3.16. The molecule has 1 aromatic heterocycles. The van der Waals surface area contributed by atoms with Gasteiger partial charge in [0.1, 0.15) is 11.5 Å². The molecule has 2 bridgehead atoms. The van der Waals surface area contributed by atoms with Crippen LogP contribution in [0, 0.1) is 0 Å². The second-order valence-corrected chi connectivity index (χ2v) is 8.13. The summed E-state index contributed by atoms with van der Waals surface area (Å²) >= 11 is 5.59. The summed E-state index contributed by atoms with van der Waals surface area (Å²) in [6.07, 6.45) is 7.85. The lowest BCUT2D eigenvalue weighted by Gasteiger charge is -2.48. The molecule has 2 atom stereocenters. The van der Waals surface area contributed by atoms with Crippen molar-refractivity contribution in [3.8, 4) is 5.75 Å². The van der Waals surface area contributed by atoms with E-state index in [1.165, 1.54) is 19.3 Å². The van der Waals surface area contributed by atoms with Gasteiger partial charge in [0, 0.05) is 29.9 Å². The summed E-state index contributed by atoms with van der Waals surface area (Å²) in [5.41, 5.74) is 0.957. The molecule has 2 N–H and O–H groups in total. The second-order valence-electron chi connectivity index (χ2n) is 7.72. The minimum atomic E-state index is 0.415. The number of nitrogens with one attached hydrogen (secondary N) is 2. The summed E-state index contributed by atoms with van der Waals surface area (Å²) in [7, 11) is 0. The van der Waals surface area contributed by atoms with E-state index in [9.17, 15) is 0 Å². The van der Waals surface area contributed by atoms with E-state index in [0.29, 0.717) is 29.8 Å². The van der Waals surface area contributed by atoms with Crippen molar-refractivity contribution in [2.24, 2.45) is 0 Å². The molecule has 2 saturated heterocycles. The number of thiocarbonyl (C=S) groups is 1. The fourth-order valence-corrected chi connectivity index (χ4v) is 4.90. The van der Waals surface area contributed by atoms with Gasteiger partial charge in [0.15, 0.2) is 5.11 Å². The third kappa shape index (κ3) is 4.67. The molecule has 0 saturated carbocycles. The van der Waals surface area contributed by atoms with E-state index in [-0.39, 0.29) is 0 Å². The summed E-state index contributed by atoms with van der Waals surface area (Å²) in [5.74, 6) is 1.92. The Morgan fingerprint density at radius 1 is 1.21 bits per heavy atom. The number of ether oxygens (including phenoxy) is 1. The second kappa shape index (κ2) is 8.97. The summed E-state index contributed by atoms with van der Waals surface area (Å²) in [4.78, 5) is 2.64. The molecule has 0 radical (unpaired) electrons. The van der Waals surface area contributed by atoms with Gasteiger partial charge in [0.2, 0.25) is 0 Å². The van der Waals surface area contributed by atoms with Gasteiger partial charge in [0.05, 0.1) is 19.4 Å². The lowest BCUT2D eigenvalue weighted by atomic mass is 9.81. The Balaban J connectivity index is 1.33. The highest BCUT2D eigenvalue weighted by molar-refractivity contribution is 7.80. The monoisotopic (exact) mass is 399 g/mol. The Hall–Kier alpha value is -2.05. The molecule has 0 amide bonds. The van der Waals surface area contributed by atoms with Crippen molar-refractivity contribution in [2.75, 3.05) is 11.9 Å². The number of fused-ring (bicyclic) bond motifs is 2. The first-order valence-electron chi connectivity index (χ1n) is 10.3. The molecule has 1 aromatic carbocycles. The van der Waals surface area contributed by atoms with Crippen LogP contribution in [0.3, 0.4) is 0 Å². The summed E-state index contributed by atoms with van der Waals surface area (Å²) in [6, 6.07) is 13.6. The zero-order chi connectivity index (χ0) is 19.3. The summed E-state index contributed by atoms with van der Waals surface area (Å²) in [6.45, 7) is 3.56. The largest absolute Gasteiger partial charge is 0.494 e. The quantitative estimate of drug-likeness (QED) is 0.695. The molecule has 2 fully saturated rings. The number of nitrogens with zero attached hydrogens (tertiary/aromatic N) is 1. The maximum Gasteiger partial charge on any atom is 0.170 e. The van der Waals surface area contributed by atoms with Crippen molar-refractivity contribution in [2.45, 2.75) is 63.7 Å². The van der Waals surface area contributed by atoms with Gasteiger partial charge in [0.25, 0.3) is 0 Å². The molecular weight excluding hydrogens is 370 g/mol. The predicted octanol–water partition coefficient (Wildman–Crippen LogP) is 4.55. The fourth-order valence-electron chi connectivity index (χ4n) is 4.62. The van der Waals surface area contributed by atoms with Crippen LogP contribution in [0.25, 0.3) is 0 Å². The Morgan fingerprint density at radius 2 is 2.04 bits per heavy atom. The Morgan fingerprint density at radius 3 is 2.75 bits per heavy atom. The van der Waals surface area contributed by atoms with E-state index in [1.54, 1.807) is 6.26 Å². The molecule has 4 rings (SSSR count). The number of rotatable bonds is 6. The summed E-state index contributed by atoms with van der Waals surface area (Å²) in [5, 5.41) is 7.56. The molecule has 150 valence electrons. The van der Waals surface area contributed by atoms with Crippen molar-refractivity contribution in [3.63, 3.8) is 0 Å². The first-order valence-corrected chi connectivity index (χ1v) is 10.7. The lowest BCUT2D eigenvalue weighted by Crippen LogP contribution is -2.56. The van der Waals surface area contributed by atoms with Crippen molar-refractivity contribution < 1.29 is 9.15 Å². The molecule has 0 aliphatic carbocycles.